The minimum absolute atomic E-state index is 0.174. The van der Waals surface area contributed by atoms with Gasteiger partial charge in [0.05, 0.1) is 24.7 Å². The second-order valence-corrected chi connectivity index (χ2v) is 7.07. The van der Waals surface area contributed by atoms with Crippen molar-refractivity contribution < 1.29 is 4.58 Å². The summed E-state index contributed by atoms with van der Waals surface area (Å²) in [5.74, 6) is 0.939. The number of azo groups is 1. The number of hydrogen-bond donors (Lipinski definition) is 0. The fraction of sp³-hybridized carbons (Fsp3) is 0.333. The Bertz CT molecular complexity index is 901. The molecule has 0 aromatic heterocycles. The van der Waals surface area contributed by atoms with Crippen LogP contribution in [-0.4, -0.2) is 31.1 Å². The molecule has 2 aromatic carbocycles. The van der Waals surface area contributed by atoms with Crippen molar-refractivity contribution >= 4 is 22.9 Å². The van der Waals surface area contributed by atoms with Crippen LogP contribution in [0.15, 0.2) is 58.8 Å². The van der Waals surface area contributed by atoms with Crippen LogP contribution in [-0.2, 0) is 5.41 Å². The third-order valence-electron chi connectivity index (χ3n) is 4.93. The van der Waals surface area contributed by atoms with E-state index in [9.17, 15) is 0 Å². The largest absolute Gasteiger partial charge is 0.374 e. The average molecular weight is 346 g/mol. The summed E-state index contributed by atoms with van der Waals surface area (Å²) in [5, 5.41) is 17.7. The predicted octanol–water partition coefficient (Wildman–Crippen LogP) is 4.78. The van der Waals surface area contributed by atoms with E-state index in [2.05, 4.69) is 57.8 Å². The fourth-order valence-corrected chi connectivity index (χ4v) is 3.37. The molecular weight excluding hydrogens is 322 g/mol. The average Bonchev–Trinajstić information content (AvgIpc) is 2.85. The van der Waals surface area contributed by atoms with Gasteiger partial charge in [-0.05, 0) is 49.3 Å². The van der Waals surface area contributed by atoms with Crippen LogP contribution in [0.4, 0.5) is 17.1 Å². The molecule has 1 aliphatic rings. The lowest BCUT2D eigenvalue weighted by molar-refractivity contribution is -0.403. The van der Waals surface area contributed by atoms with Gasteiger partial charge >= 0.3 is 5.84 Å². The smallest absolute Gasteiger partial charge is 0.336 e. The van der Waals surface area contributed by atoms with Gasteiger partial charge in [-0.15, -0.1) is 0 Å². The van der Waals surface area contributed by atoms with E-state index in [4.69, 9.17) is 5.26 Å². The monoisotopic (exact) mass is 346 g/mol. The zero-order chi connectivity index (χ0) is 18.7. The molecule has 26 heavy (non-hydrogen) atoms. The number of rotatable bonds is 4. The minimum atomic E-state index is -0.174. The van der Waals surface area contributed by atoms with Gasteiger partial charge in [0.1, 0.15) is 16.8 Å². The molecule has 1 heterocycles. The molecule has 132 valence electrons. The minimum Gasteiger partial charge on any atom is -0.374 e. The van der Waals surface area contributed by atoms with E-state index in [0.717, 1.165) is 17.2 Å². The molecular formula is C21H24N5+. The van der Waals surface area contributed by atoms with Gasteiger partial charge in [-0.1, -0.05) is 18.2 Å². The van der Waals surface area contributed by atoms with Crippen LogP contribution in [0.2, 0.25) is 0 Å². The van der Waals surface area contributed by atoms with E-state index in [-0.39, 0.29) is 5.41 Å². The van der Waals surface area contributed by atoms with Gasteiger partial charge in [0, 0.05) is 24.8 Å². The van der Waals surface area contributed by atoms with Gasteiger partial charge < -0.3 is 4.90 Å². The van der Waals surface area contributed by atoms with Crippen molar-refractivity contribution in [3.8, 4) is 6.07 Å². The van der Waals surface area contributed by atoms with Crippen LogP contribution >= 0.6 is 0 Å². The standard InChI is InChI=1S/C21H24N5/c1-21(2)18-8-5-6-9-19(18)26(4)20(21)24-23-16-10-12-17(13-11-16)25(3)15-7-14-22/h5-6,8-13H,7,15H2,1-4H3/q+1. The summed E-state index contributed by atoms with van der Waals surface area (Å²) in [6.07, 6.45) is 0.512. The molecule has 5 nitrogen and oxygen atoms in total. The zero-order valence-corrected chi connectivity index (χ0v) is 15.8. The van der Waals surface area contributed by atoms with Gasteiger partial charge in [-0.2, -0.15) is 5.26 Å². The number of nitriles is 1. The molecule has 0 radical (unpaired) electrons. The highest BCUT2D eigenvalue weighted by Gasteiger charge is 2.44. The normalized spacial score (nSPS) is 15.2. The Morgan fingerprint density at radius 1 is 1.08 bits per heavy atom. The van der Waals surface area contributed by atoms with Crippen molar-refractivity contribution in [2.45, 2.75) is 25.7 Å². The quantitative estimate of drug-likeness (QED) is 0.591. The summed E-state index contributed by atoms with van der Waals surface area (Å²) in [6, 6.07) is 18.5. The van der Waals surface area contributed by atoms with Crippen molar-refractivity contribution in [2.75, 3.05) is 25.5 Å². The maximum absolute atomic E-state index is 8.70. The summed E-state index contributed by atoms with van der Waals surface area (Å²) in [5.41, 5.74) is 4.16. The van der Waals surface area contributed by atoms with E-state index in [1.807, 2.05) is 44.4 Å². The molecule has 2 aromatic rings. The molecule has 0 bridgehead atoms. The third-order valence-corrected chi connectivity index (χ3v) is 4.93. The Hall–Kier alpha value is -3.00. The van der Waals surface area contributed by atoms with Crippen molar-refractivity contribution in [1.29, 1.82) is 5.26 Å². The second kappa shape index (κ2) is 7.09. The van der Waals surface area contributed by atoms with Crippen LogP contribution in [0.3, 0.4) is 0 Å². The zero-order valence-electron chi connectivity index (χ0n) is 15.8. The Labute approximate surface area is 154 Å². The highest BCUT2D eigenvalue weighted by atomic mass is 15.2. The van der Waals surface area contributed by atoms with Gasteiger partial charge in [0.25, 0.3) is 0 Å². The van der Waals surface area contributed by atoms with E-state index in [1.165, 1.54) is 11.3 Å². The highest BCUT2D eigenvalue weighted by Crippen LogP contribution is 2.39. The van der Waals surface area contributed by atoms with Crippen molar-refractivity contribution in [2.24, 2.45) is 10.2 Å². The summed E-state index contributed by atoms with van der Waals surface area (Å²) in [6.45, 7) is 5.07. The molecule has 0 saturated carbocycles. The Balaban J connectivity index is 1.81. The fourth-order valence-electron chi connectivity index (χ4n) is 3.37. The molecule has 5 heteroatoms. The lowest BCUT2D eigenvalue weighted by atomic mass is 9.85. The second-order valence-electron chi connectivity index (χ2n) is 7.07. The Kier molecular flexibility index (Phi) is 4.85. The lowest BCUT2D eigenvalue weighted by Crippen LogP contribution is -2.26. The number of anilines is 1. The number of para-hydroxylation sites is 1. The van der Waals surface area contributed by atoms with Gasteiger partial charge in [0.2, 0.25) is 0 Å². The van der Waals surface area contributed by atoms with Crippen LogP contribution in [0.5, 0.6) is 0 Å². The Morgan fingerprint density at radius 3 is 2.42 bits per heavy atom. The molecule has 0 amide bonds. The number of nitrogens with zero attached hydrogens (tertiary/aromatic N) is 5. The SMILES string of the molecule is CN(CCC#N)c1ccc(/N=N/C2=[N+](C)c3ccccc3C2(C)C)cc1. The van der Waals surface area contributed by atoms with E-state index >= 15 is 0 Å². The van der Waals surface area contributed by atoms with Crippen molar-refractivity contribution in [3.63, 3.8) is 0 Å². The lowest BCUT2D eigenvalue weighted by Gasteiger charge is -2.17. The third kappa shape index (κ3) is 3.23. The van der Waals surface area contributed by atoms with Crippen molar-refractivity contribution in [1.82, 2.24) is 0 Å². The topological polar surface area (TPSA) is 54.8 Å². The van der Waals surface area contributed by atoms with E-state index in [1.54, 1.807) is 0 Å². The molecule has 0 fully saturated rings. The first-order valence-corrected chi connectivity index (χ1v) is 8.75. The summed E-state index contributed by atoms with van der Waals surface area (Å²) >= 11 is 0. The predicted molar refractivity (Wildman–Crippen MR) is 105 cm³/mol. The van der Waals surface area contributed by atoms with Crippen LogP contribution in [0, 0.1) is 11.3 Å². The first kappa shape index (κ1) is 17.8. The molecule has 0 spiro atoms. The summed E-state index contributed by atoms with van der Waals surface area (Å²) < 4.78 is 2.11. The first-order valence-electron chi connectivity index (χ1n) is 8.75. The highest BCUT2D eigenvalue weighted by molar-refractivity contribution is 5.93. The molecule has 0 N–H and O–H groups in total. The molecule has 0 unspecified atom stereocenters. The van der Waals surface area contributed by atoms with Crippen LogP contribution in [0.1, 0.15) is 25.8 Å². The maximum Gasteiger partial charge on any atom is 0.336 e. The molecule has 0 saturated heterocycles. The van der Waals surface area contributed by atoms with E-state index in [0.29, 0.717) is 13.0 Å². The van der Waals surface area contributed by atoms with Crippen molar-refractivity contribution in [3.05, 3.63) is 54.1 Å². The first-order chi connectivity index (χ1) is 12.4. The maximum atomic E-state index is 8.70. The summed E-state index contributed by atoms with van der Waals surface area (Å²) in [7, 11) is 4.02. The van der Waals surface area contributed by atoms with Crippen LogP contribution < -0.4 is 4.90 Å². The summed E-state index contributed by atoms with van der Waals surface area (Å²) in [4.78, 5) is 2.06. The number of fused-ring (bicyclic) bond motifs is 1. The molecule has 3 rings (SSSR count). The molecule has 0 atom stereocenters. The van der Waals surface area contributed by atoms with Crippen LogP contribution in [0.25, 0.3) is 0 Å². The van der Waals surface area contributed by atoms with Gasteiger partial charge in [-0.3, -0.25) is 0 Å². The number of benzene rings is 2. The number of amidine groups is 1. The van der Waals surface area contributed by atoms with E-state index < -0.39 is 0 Å². The Morgan fingerprint density at radius 2 is 1.77 bits per heavy atom. The number of hydrogen-bond acceptors (Lipinski definition) is 4. The molecule has 1 aliphatic heterocycles. The van der Waals surface area contributed by atoms with Gasteiger partial charge in [-0.25, -0.2) is 4.58 Å². The molecule has 0 aliphatic carbocycles. The van der Waals surface area contributed by atoms with Gasteiger partial charge in [0.15, 0.2) is 0 Å².